The number of aliphatic imine (C=N–C) groups is 1. The quantitative estimate of drug-likeness (QED) is 0.280. The third-order valence-corrected chi connectivity index (χ3v) is 4.67. The number of carbonyl (C=O) groups excluding carboxylic acids is 1. The van der Waals surface area contributed by atoms with Crippen LogP contribution in [0.5, 0.6) is 5.75 Å². The van der Waals surface area contributed by atoms with Crippen molar-refractivity contribution in [2.45, 2.75) is 0 Å². The molecule has 9 heteroatoms. The number of aromatic hydroxyl groups is 1. The summed E-state index contributed by atoms with van der Waals surface area (Å²) in [5, 5.41) is 24.3. The highest BCUT2D eigenvalue weighted by molar-refractivity contribution is 9.10. The van der Waals surface area contributed by atoms with Gasteiger partial charge in [-0.3, -0.25) is 19.9 Å². The first kappa shape index (κ1) is 20.5. The molecule has 0 atom stereocenters. The van der Waals surface area contributed by atoms with Gasteiger partial charge in [0.15, 0.2) is 0 Å². The van der Waals surface area contributed by atoms with Crippen molar-refractivity contribution >= 4 is 56.7 Å². The van der Waals surface area contributed by atoms with E-state index in [1.165, 1.54) is 18.3 Å². The number of phenols is 1. The molecular formula is C20H13BrClN3O4. The lowest BCUT2D eigenvalue weighted by molar-refractivity contribution is -0.385. The molecule has 0 aromatic heterocycles. The molecule has 0 spiro atoms. The molecule has 3 aromatic carbocycles. The largest absolute Gasteiger partial charge is 0.506 e. The summed E-state index contributed by atoms with van der Waals surface area (Å²) in [6, 6.07) is 15.7. The Labute approximate surface area is 179 Å². The molecule has 7 nitrogen and oxygen atoms in total. The minimum absolute atomic E-state index is 0.162. The van der Waals surface area contributed by atoms with Gasteiger partial charge in [-0.25, -0.2) is 0 Å². The summed E-state index contributed by atoms with van der Waals surface area (Å²) in [6.07, 6.45) is 1.31. The second kappa shape index (κ2) is 8.85. The van der Waals surface area contributed by atoms with Crippen molar-refractivity contribution in [3.8, 4) is 5.75 Å². The second-order valence-corrected chi connectivity index (χ2v) is 7.19. The van der Waals surface area contributed by atoms with Crippen LogP contribution >= 0.6 is 27.5 Å². The van der Waals surface area contributed by atoms with Gasteiger partial charge in [0.1, 0.15) is 5.75 Å². The minimum atomic E-state index is -0.562. The van der Waals surface area contributed by atoms with E-state index < -0.39 is 4.92 Å². The maximum atomic E-state index is 12.3. The fourth-order valence-corrected chi connectivity index (χ4v) is 3.10. The third-order valence-electron chi connectivity index (χ3n) is 3.83. The van der Waals surface area contributed by atoms with Crippen LogP contribution in [0.15, 0.2) is 70.1 Å². The summed E-state index contributed by atoms with van der Waals surface area (Å²) < 4.78 is 0.190. The Morgan fingerprint density at radius 3 is 2.66 bits per heavy atom. The highest BCUT2D eigenvalue weighted by Gasteiger charge is 2.13. The molecule has 2 N–H and O–H groups in total. The summed E-state index contributed by atoms with van der Waals surface area (Å²) in [5.41, 5.74) is 1.40. The average Bonchev–Trinajstić information content (AvgIpc) is 2.69. The normalized spacial score (nSPS) is 10.8. The lowest BCUT2D eigenvalue weighted by Crippen LogP contribution is -2.11. The Balaban J connectivity index is 1.82. The Morgan fingerprint density at radius 1 is 1.17 bits per heavy atom. The first-order valence-electron chi connectivity index (χ1n) is 8.21. The van der Waals surface area contributed by atoms with E-state index >= 15 is 0 Å². The van der Waals surface area contributed by atoms with Crippen molar-refractivity contribution in [1.29, 1.82) is 0 Å². The molecule has 146 valence electrons. The lowest BCUT2D eigenvalue weighted by Gasteiger charge is -2.06. The second-order valence-electron chi connectivity index (χ2n) is 5.90. The number of benzene rings is 3. The molecule has 1 amide bonds. The predicted octanol–water partition coefficient (Wildman–Crippen LogP) is 5.72. The highest BCUT2D eigenvalue weighted by atomic mass is 79.9. The number of hydrogen-bond donors (Lipinski definition) is 2. The summed E-state index contributed by atoms with van der Waals surface area (Å²) >= 11 is 8.99. The number of phenolic OH excluding ortho intramolecular Hbond substituents is 1. The van der Waals surface area contributed by atoms with Crippen LogP contribution in [0.25, 0.3) is 0 Å². The Bertz CT molecular complexity index is 1130. The number of anilines is 1. The summed E-state index contributed by atoms with van der Waals surface area (Å²) in [6.45, 7) is 0. The number of hydrogen-bond acceptors (Lipinski definition) is 5. The van der Waals surface area contributed by atoms with Gasteiger partial charge < -0.3 is 10.4 Å². The molecule has 0 bridgehead atoms. The SMILES string of the molecule is O=C(Nc1cccc(N=Cc2cc([N+](=O)[O-])cc(Br)c2O)c1)c1cccc(Cl)c1. The maximum Gasteiger partial charge on any atom is 0.271 e. The van der Waals surface area contributed by atoms with Gasteiger partial charge in [0.25, 0.3) is 11.6 Å². The van der Waals surface area contributed by atoms with Crippen molar-refractivity contribution in [3.63, 3.8) is 0 Å². The molecule has 0 saturated heterocycles. The van der Waals surface area contributed by atoms with E-state index in [1.54, 1.807) is 48.5 Å². The van der Waals surface area contributed by atoms with E-state index in [9.17, 15) is 20.0 Å². The standard InChI is InChI=1S/C20H13BrClN3O4/c21-18-10-17(25(28)29)8-13(19(18)26)11-23-15-5-2-6-16(9-15)24-20(27)12-3-1-4-14(22)7-12/h1-11,26H,(H,24,27). The number of nitrogens with one attached hydrogen (secondary N) is 1. The zero-order valence-electron chi connectivity index (χ0n) is 14.7. The Hall–Kier alpha value is -3.23. The molecular weight excluding hydrogens is 462 g/mol. The van der Waals surface area contributed by atoms with Crippen LogP contribution < -0.4 is 5.32 Å². The monoisotopic (exact) mass is 473 g/mol. The van der Waals surface area contributed by atoms with Crippen LogP contribution in [0.1, 0.15) is 15.9 Å². The van der Waals surface area contributed by atoms with Gasteiger partial charge in [0.2, 0.25) is 0 Å². The molecule has 0 aliphatic rings. The molecule has 0 fully saturated rings. The van der Waals surface area contributed by atoms with E-state index in [-0.39, 0.29) is 27.4 Å². The van der Waals surface area contributed by atoms with E-state index in [0.29, 0.717) is 22.0 Å². The van der Waals surface area contributed by atoms with Crippen LogP contribution in [0.4, 0.5) is 17.1 Å². The van der Waals surface area contributed by atoms with Crippen molar-refractivity contribution in [2.24, 2.45) is 4.99 Å². The minimum Gasteiger partial charge on any atom is -0.506 e. The molecule has 0 radical (unpaired) electrons. The molecule has 29 heavy (non-hydrogen) atoms. The highest BCUT2D eigenvalue weighted by Crippen LogP contribution is 2.32. The number of halogens is 2. The fraction of sp³-hybridized carbons (Fsp3) is 0. The van der Waals surface area contributed by atoms with Crippen molar-refractivity contribution < 1.29 is 14.8 Å². The van der Waals surface area contributed by atoms with E-state index in [0.717, 1.165) is 0 Å². The number of rotatable bonds is 5. The zero-order valence-corrected chi connectivity index (χ0v) is 17.0. The van der Waals surface area contributed by atoms with Gasteiger partial charge in [-0.05, 0) is 52.3 Å². The topological polar surface area (TPSA) is 105 Å². The zero-order chi connectivity index (χ0) is 21.0. The fourth-order valence-electron chi connectivity index (χ4n) is 2.45. The molecule has 0 unspecified atom stereocenters. The van der Waals surface area contributed by atoms with Gasteiger partial charge in [0.05, 0.1) is 15.1 Å². The summed E-state index contributed by atoms with van der Waals surface area (Å²) in [5.74, 6) is -0.487. The first-order valence-corrected chi connectivity index (χ1v) is 9.38. The third kappa shape index (κ3) is 5.18. The number of nitro benzene ring substituents is 1. The molecule has 3 aromatic rings. The van der Waals surface area contributed by atoms with Crippen LogP contribution in [0.2, 0.25) is 5.02 Å². The molecule has 0 aliphatic carbocycles. The molecule has 3 rings (SSSR count). The summed E-state index contributed by atoms with van der Waals surface area (Å²) in [7, 11) is 0. The first-order chi connectivity index (χ1) is 13.8. The summed E-state index contributed by atoms with van der Waals surface area (Å²) in [4.78, 5) is 27.0. The predicted molar refractivity (Wildman–Crippen MR) is 116 cm³/mol. The molecule has 0 saturated carbocycles. The lowest BCUT2D eigenvalue weighted by atomic mass is 10.2. The van der Waals surface area contributed by atoms with Gasteiger partial charge in [-0.15, -0.1) is 0 Å². The van der Waals surface area contributed by atoms with Crippen molar-refractivity contribution in [3.05, 3.63) is 91.4 Å². The van der Waals surface area contributed by atoms with Crippen molar-refractivity contribution in [2.75, 3.05) is 5.32 Å². The average molecular weight is 475 g/mol. The van der Waals surface area contributed by atoms with Crippen LogP contribution in [0, 0.1) is 10.1 Å². The van der Waals surface area contributed by atoms with Gasteiger partial charge in [-0.2, -0.15) is 0 Å². The van der Waals surface area contributed by atoms with Crippen molar-refractivity contribution in [1.82, 2.24) is 0 Å². The number of non-ortho nitro benzene ring substituents is 1. The number of amides is 1. The molecule has 0 aliphatic heterocycles. The van der Waals surface area contributed by atoms with Gasteiger partial charge >= 0.3 is 0 Å². The Kier molecular flexibility index (Phi) is 6.26. The van der Waals surface area contributed by atoms with Crippen LogP contribution in [0.3, 0.4) is 0 Å². The van der Waals surface area contributed by atoms with E-state index in [1.807, 2.05) is 0 Å². The number of carbonyl (C=O) groups is 1. The Morgan fingerprint density at radius 2 is 1.93 bits per heavy atom. The smallest absolute Gasteiger partial charge is 0.271 e. The van der Waals surface area contributed by atoms with Crippen LogP contribution in [-0.2, 0) is 0 Å². The molecule has 0 heterocycles. The number of nitrogens with zero attached hydrogens (tertiary/aromatic N) is 2. The van der Waals surface area contributed by atoms with Crippen LogP contribution in [-0.4, -0.2) is 22.2 Å². The maximum absolute atomic E-state index is 12.3. The van der Waals surface area contributed by atoms with E-state index in [4.69, 9.17) is 11.6 Å². The van der Waals surface area contributed by atoms with Gasteiger partial charge in [0, 0.05) is 40.2 Å². The number of nitro groups is 1. The van der Waals surface area contributed by atoms with E-state index in [2.05, 4.69) is 26.2 Å². The van der Waals surface area contributed by atoms with Gasteiger partial charge in [-0.1, -0.05) is 23.7 Å².